The normalized spacial score (nSPS) is 17.5. The van der Waals surface area contributed by atoms with E-state index in [4.69, 9.17) is 9.47 Å². The molecule has 1 amide bonds. The molecule has 1 atom stereocenters. The molecule has 162 valence electrons. The molecular formula is C25H22N2O5. The molecule has 2 heterocycles. The number of aliphatic hydroxyl groups is 1. The topological polar surface area (TPSA) is 89.0 Å². The van der Waals surface area contributed by atoms with Gasteiger partial charge in [0, 0.05) is 31.6 Å². The summed E-state index contributed by atoms with van der Waals surface area (Å²) in [5.74, 6) is -0.457. The molecule has 0 aliphatic carbocycles. The van der Waals surface area contributed by atoms with Crippen LogP contribution >= 0.6 is 0 Å². The van der Waals surface area contributed by atoms with Crippen molar-refractivity contribution < 1.29 is 24.2 Å². The highest BCUT2D eigenvalue weighted by Gasteiger charge is 2.46. The first kappa shape index (κ1) is 21.3. The number of methoxy groups -OCH3 is 1. The van der Waals surface area contributed by atoms with Gasteiger partial charge in [0.15, 0.2) is 0 Å². The fourth-order valence-electron chi connectivity index (χ4n) is 3.68. The number of nitrogens with zero attached hydrogens (tertiary/aromatic N) is 2. The summed E-state index contributed by atoms with van der Waals surface area (Å²) in [5, 5.41) is 11.0. The summed E-state index contributed by atoms with van der Waals surface area (Å²) >= 11 is 0. The van der Waals surface area contributed by atoms with Crippen molar-refractivity contribution >= 4 is 17.4 Å². The number of likely N-dealkylation sites (tertiary alicyclic amines) is 1. The van der Waals surface area contributed by atoms with Gasteiger partial charge in [0.1, 0.15) is 17.3 Å². The first-order chi connectivity index (χ1) is 15.6. The zero-order chi connectivity index (χ0) is 22.5. The van der Waals surface area contributed by atoms with Crippen LogP contribution in [0.1, 0.15) is 17.2 Å². The van der Waals surface area contributed by atoms with Crippen LogP contribution in [0.5, 0.6) is 11.5 Å². The number of ketones is 1. The van der Waals surface area contributed by atoms with Crippen LogP contribution in [-0.2, 0) is 14.3 Å². The largest absolute Gasteiger partial charge is 0.507 e. The number of pyridine rings is 1. The molecule has 1 aliphatic heterocycles. The number of amides is 1. The van der Waals surface area contributed by atoms with Gasteiger partial charge in [-0.1, -0.05) is 30.3 Å². The number of Topliss-reactive ketones (excluding diaryl/α,β-unsaturated/α-hetero) is 1. The van der Waals surface area contributed by atoms with Gasteiger partial charge in [-0.25, -0.2) is 0 Å². The van der Waals surface area contributed by atoms with Gasteiger partial charge in [-0.2, -0.15) is 0 Å². The lowest BCUT2D eigenvalue weighted by Gasteiger charge is -2.25. The predicted octanol–water partition coefficient (Wildman–Crippen LogP) is 3.94. The van der Waals surface area contributed by atoms with E-state index in [0.717, 1.165) is 0 Å². The van der Waals surface area contributed by atoms with E-state index >= 15 is 0 Å². The fraction of sp³-hybridized carbons (Fsp3) is 0.160. The zero-order valence-electron chi connectivity index (χ0n) is 17.5. The van der Waals surface area contributed by atoms with Crippen LogP contribution in [0.15, 0.2) is 84.7 Å². The Morgan fingerprint density at radius 1 is 1.00 bits per heavy atom. The number of carbonyl (C=O) groups is 2. The average Bonchev–Trinajstić information content (AvgIpc) is 3.08. The maximum absolute atomic E-state index is 13.0. The number of rotatable bonds is 7. The molecule has 1 N–H and O–H groups in total. The summed E-state index contributed by atoms with van der Waals surface area (Å²) in [6.07, 6.45) is 3.03. The Balaban J connectivity index is 1.79. The van der Waals surface area contributed by atoms with E-state index < -0.39 is 17.7 Å². The van der Waals surface area contributed by atoms with E-state index in [0.29, 0.717) is 22.6 Å². The molecule has 7 nitrogen and oxygen atoms in total. The summed E-state index contributed by atoms with van der Waals surface area (Å²) in [7, 11) is 1.52. The molecule has 0 spiro atoms. The number of ether oxygens (including phenoxy) is 2. The van der Waals surface area contributed by atoms with Crippen LogP contribution in [0, 0.1) is 0 Å². The number of hydrogen-bond donors (Lipinski definition) is 1. The van der Waals surface area contributed by atoms with Gasteiger partial charge in [0.2, 0.25) is 0 Å². The minimum absolute atomic E-state index is 0.0224. The number of benzene rings is 2. The maximum Gasteiger partial charge on any atom is 0.295 e. The van der Waals surface area contributed by atoms with Crippen molar-refractivity contribution in [1.29, 1.82) is 0 Å². The summed E-state index contributed by atoms with van der Waals surface area (Å²) in [6.45, 7) is 0.446. The second kappa shape index (κ2) is 9.45. The van der Waals surface area contributed by atoms with Crippen molar-refractivity contribution in [3.8, 4) is 11.5 Å². The van der Waals surface area contributed by atoms with Crippen molar-refractivity contribution in [2.24, 2.45) is 0 Å². The van der Waals surface area contributed by atoms with Crippen LogP contribution in [-0.4, -0.2) is 46.9 Å². The molecule has 0 saturated carbocycles. The number of aliphatic hydroxyl groups excluding tert-OH is 1. The van der Waals surface area contributed by atoms with Gasteiger partial charge < -0.3 is 19.5 Å². The van der Waals surface area contributed by atoms with Crippen LogP contribution in [0.3, 0.4) is 0 Å². The third kappa shape index (κ3) is 4.24. The number of hydrogen-bond acceptors (Lipinski definition) is 6. The molecule has 0 radical (unpaired) electrons. The van der Waals surface area contributed by atoms with Crippen molar-refractivity contribution in [3.63, 3.8) is 0 Å². The molecule has 1 aliphatic rings. The standard InChI is InChI=1S/C25H22N2O5/c1-31-15-14-27-22(18-6-5-9-20(16-18)32-19-7-3-2-4-8-19)21(24(29)25(27)30)23(28)17-10-12-26-13-11-17/h2-13,16,22,28H,14-15H2,1H3. The second-order valence-corrected chi connectivity index (χ2v) is 7.21. The highest BCUT2D eigenvalue weighted by Crippen LogP contribution is 2.40. The number of aromatic nitrogens is 1. The van der Waals surface area contributed by atoms with Crippen LogP contribution < -0.4 is 4.74 Å². The highest BCUT2D eigenvalue weighted by molar-refractivity contribution is 6.46. The highest BCUT2D eigenvalue weighted by atomic mass is 16.5. The minimum Gasteiger partial charge on any atom is -0.507 e. The Morgan fingerprint density at radius 3 is 2.44 bits per heavy atom. The summed E-state index contributed by atoms with van der Waals surface area (Å²) < 4.78 is 11.1. The Kier molecular flexibility index (Phi) is 6.28. The van der Waals surface area contributed by atoms with Gasteiger partial charge >= 0.3 is 0 Å². The molecule has 0 bridgehead atoms. The lowest BCUT2D eigenvalue weighted by atomic mass is 9.95. The average molecular weight is 430 g/mol. The first-order valence-electron chi connectivity index (χ1n) is 10.1. The molecule has 7 heteroatoms. The van der Waals surface area contributed by atoms with Crippen LogP contribution in [0.25, 0.3) is 5.76 Å². The van der Waals surface area contributed by atoms with E-state index in [1.54, 1.807) is 36.4 Å². The molecule has 3 aromatic rings. The Bertz CT molecular complexity index is 1150. The van der Waals surface area contributed by atoms with Crippen LogP contribution in [0.2, 0.25) is 0 Å². The fourth-order valence-corrected chi connectivity index (χ4v) is 3.68. The van der Waals surface area contributed by atoms with Gasteiger partial charge in [0.25, 0.3) is 11.7 Å². The molecule has 4 rings (SSSR count). The van der Waals surface area contributed by atoms with E-state index in [1.165, 1.54) is 24.4 Å². The molecular weight excluding hydrogens is 408 g/mol. The smallest absolute Gasteiger partial charge is 0.295 e. The van der Waals surface area contributed by atoms with E-state index in [2.05, 4.69) is 4.98 Å². The van der Waals surface area contributed by atoms with E-state index in [9.17, 15) is 14.7 Å². The van der Waals surface area contributed by atoms with Gasteiger partial charge in [-0.3, -0.25) is 14.6 Å². The Labute approximate surface area is 185 Å². The maximum atomic E-state index is 13.0. The quantitative estimate of drug-likeness (QED) is 0.347. The summed E-state index contributed by atoms with van der Waals surface area (Å²) in [5.41, 5.74) is 1.07. The Morgan fingerprint density at radius 2 is 1.72 bits per heavy atom. The molecule has 1 aromatic heterocycles. The molecule has 1 fully saturated rings. The van der Waals surface area contributed by atoms with Gasteiger partial charge in [-0.15, -0.1) is 0 Å². The van der Waals surface area contributed by atoms with Crippen molar-refractivity contribution in [1.82, 2.24) is 9.88 Å². The van der Waals surface area contributed by atoms with Crippen molar-refractivity contribution in [2.75, 3.05) is 20.3 Å². The monoisotopic (exact) mass is 430 g/mol. The zero-order valence-corrected chi connectivity index (χ0v) is 17.5. The lowest BCUT2D eigenvalue weighted by Crippen LogP contribution is -2.32. The SMILES string of the molecule is COCCN1C(=O)C(=O)C(=C(O)c2ccncc2)C1c1cccc(Oc2ccccc2)c1. The van der Waals surface area contributed by atoms with Crippen molar-refractivity contribution in [3.05, 3.63) is 95.8 Å². The molecule has 1 unspecified atom stereocenters. The van der Waals surface area contributed by atoms with Gasteiger partial charge in [0.05, 0.1) is 18.2 Å². The van der Waals surface area contributed by atoms with E-state index in [1.807, 2.05) is 30.3 Å². The predicted molar refractivity (Wildman–Crippen MR) is 118 cm³/mol. The third-order valence-corrected chi connectivity index (χ3v) is 5.18. The lowest BCUT2D eigenvalue weighted by molar-refractivity contribution is -0.140. The third-order valence-electron chi connectivity index (χ3n) is 5.18. The van der Waals surface area contributed by atoms with Crippen LogP contribution in [0.4, 0.5) is 0 Å². The first-order valence-corrected chi connectivity index (χ1v) is 10.1. The Hall–Kier alpha value is -3.97. The number of para-hydroxylation sites is 1. The summed E-state index contributed by atoms with van der Waals surface area (Å²) in [6, 6.07) is 18.8. The van der Waals surface area contributed by atoms with Crippen molar-refractivity contribution in [2.45, 2.75) is 6.04 Å². The minimum atomic E-state index is -0.780. The molecule has 1 saturated heterocycles. The van der Waals surface area contributed by atoms with Gasteiger partial charge in [-0.05, 0) is 42.0 Å². The molecule has 32 heavy (non-hydrogen) atoms. The van der Waals surface area contributed by atoms with E-state index in [-0.39, 0.29) is 24.5 Å². The number of carbonyl (C=O) groups excluding carboxylic acids is 2. The summed E-state index contributed by atoms with van der Waals surface area (Å²) in [4.78, 5) is 31.2. The second-order valence-electron chi connectivity index (χ2n) is 7.21. The molecule has 2 aromatic carbocycles.